The van der Waals surface area contributed by atoms with Crippen molar-refractivity contribution in [2.75, 3.05) is 0 Å². The third-order valence-corrected chi connectivity index (χ3v) is 4.58. The molecule has 0 saturated heterocycles. The molecule has 0 aliphatic rings. The van der Waals surface area contributed by atoms with Crippen LogP contribution in [0.1, 0.15) is 5.56 Å². The average molecular weight is 394 g/mol. The molecule has 0 radical (unpaired) electrons. The number of hydrogen-bond acceptors (Lipinski definition) is 4. The maximum absolute atomic E-state index is 13.7. The molecule has 3 rings (SSSR count). The van der Waals surface area contributed by atoms with E-state index in [9.17, 15) is 4.39 Å². The number of aromatic nitrogens is 3. The summed E-state index contributed by atoms with van der Waals surface area (Å²) in [7, 11) is 0. The van der Waals surface area contributed by atoms with Gasteiger partial charge in [0.05, 0.1) is 0 Å². The fourth-order valence-electron chi connectivity index (χ4n) is 2.06. The summed E-state index contributed by atoms with van der Waals surface area (Å²) in [4.78, 5) is 0. The summed E-state index contributed by atoms with van der Waals surface area (Å²) in [5.74, 6) is 1.49. The molecule has 23 heavy (non-hydrogen) atoms. The zero-order valence-electron chi connectivity index (χ0n) is 12.1. The molecule has 0 aliphatic heterocycles. The van der Waals surface area contributed by atoms with Crippen LogP contribution in [-0.2, 0) is 12.3 Å². The van der Waals surface area contributed by atoms with Gasteiger partial charge in [0.25, 0.3) is 0 Å². The molecule has 1 aromatic carbocycles. The van der Waals surface area contributed by atoms with Gasteiger partial charge in [-0.15, -0.1) is 16.8 Å². The lowest BCUT2D eigenvalue weighted by molar-refractivity contribution is 0.545. The molecular weight excluding hydrogens is 381 g/mol. The monoisotopic (exact) mass is 393 g/mol. The van der Waals surface area contributed by atoms with E-state index in [-0.39, 0.29) is 5.82 Å². The van der Waals surface area contributed by atoms with Crippen molar-refractivity contribution in [2.24, 2.45) is 0 Å². The van der Waals surface area contributed by atoms with Crippen LogP contribution in [0, 0.1) is 5.82 Å². The Morgan fingerprint density at radius 1 is 1.26 bits per heavy atom. The Morgan fingerprint density at radius 3 is 2.78 bits per heavy atom. The summed E-state index contributed by atoms with van der Waals surface area (Å²) < 4.78 is 21.8. The molecule has 0 saturated carbocycles. The van der Waals surface area contributed by atoms with Crippen LogP contribution in [0.3, 0.4) is 0 Å². The minimum Gasteiger partial charge on any atom is -0.446 e. The first-order chi connectivity index (χ1) is 11.2. The Morgan fingerprint density at radius 2 is 2.09 bits per heavy atom. The van der Waals surface area contributed by atoms with Crippen molar-refractivity contribution in [1.29, 1.82) is 0 Å². The SMILES string of the molecule is C=CCn1c(SCc2ccccc2F)nnc1-c1ccc(Br)o1. The van der Waals surface area contributed by atoms with Crippen molar-refractivity contribution in [3.63, 3.8) is 0 Å². The molecule has 3 aromatic rings. The predicted octanol–water partition coefficient (Wildman–Crippen LogP) is 4.92. The fourth-order valence-corrected chi connectivity index (χ4v) is 3.30. The number of halogens is 2. The number of benzene rings is 1. The number of allylic oxidation sites excluding steroid dienone is 1. The third-order valence-electron chi connectivity index (χ3n) is 3.14. The minimum atomic E-state index is -0.218. The minimum absolute atomic E-state index is 0.218. The second-order valence-corrected chi connectivity index (χ2v) is 6.41. The Balaban J connectivity index is 1.86. The van der Waals surface area contributed by atoms with Gasteiger partial charge in [-0.1, -0.05) is 36.0 Å². The lowest BCUT2D eigenvalue weighted by atomic mass is 10.2. The number of thioether (sulfide) groups is 1. The van der Waals surface area contributed by atoms with Gasteiger partial charge in [-0.2, -0.15) is 0 Å². The normalized spacial score (nSPS) is 10.9. The van der Waals surface area contributed by atoms with Gasteiger partial charge in [0.2, 0.25) is 5.82 Å². The van der Waals surface area contributed by atoms with Gasteiger partial charge in [0.1, 0.15) is 5.82 Å². The highest BCUT2D eigenvalue weighted by molar-refractivity contribution is 9.10. The molecule has 0 bridgehead atoms. The summed E-state index contributed by atoms with van der Waals surface area (Å²) in [6.45, 7) is 4.31. The zero-order valence-corrected chi connectivity index (χ0v) is 14.5. The first kappa shape index (κ1) is 16.0. The first-order valence-corrected chi connectivity index (χ1v) is 8.63. The van der Waals surface area contributed by atoms with E-state index in [2.05, 4.69) is 32.7 Å². The molecule has 0 amide bonds. The largest absolute Gasteiger partial charge is 0.446 e. The average Bonchev–Trinajstić information content (AvgIpc) is 3.13. The molecule has 0 spiro atoms. The van der Waals surface area contributed by atoms with Crippen LogP contribution >= 0.6 is 27.7 Å². The summed E-state index contributed by atoms with van der Waals surface area (Å²) in [5, 5.41) is 9.08. The Hall–Kier alpha value is -1.86. The van der Waals surface area contributed by atoms with E-state index in [0.29, 0.717) is 39.3 Å². The van der Waals surface area contributed by atoms with Crippen LogP contribution in [0.25, 0.3) is 11.6 Å². The maximum Gasteiger partial charge on any atom is 0.200 e. The van der Waals surface area contributed by atoms with E-state index in [4.69, 9.17) is 4.42 Å². The highest BCUT2D eigenvalue weighted by atomic mass is 79.9. The van der Waals surface area contributed by atoms with E-state index in [1.807, 2.05) is 16.7 Å². The summed E-state index contributed by atoms with van der Waals surface area (Å²) in [6, 6.07) is 10.3. The van der Waals surface area contributed by atoms with Gasteiger partial charge < -0.3 is 4.42 Å². The number of furan rings is 1. The Bertz CT molecular complexity index is 830. The van der Waals surface area contributed by atoms with E-state index >= 15 is 0 Å². The van der Waals surface area contributed by atoms with Crippen molar-refractivity contribution >= 4 is 27.7 Å². The van der Waals surface area contributed by atoms with Crippen molar-refractivity contribution in [3.05, 3.63) is 65.1 Å². The Labute approximate surface area is 145 Å². The third kappa shape index (κ3) is 3.56. The molecule has 7 heteroatoms. The van der Waals surface area contributed by atoms with E-state index in [1.54, 1.807) is 24.3 Å². The molecular formula is C16H13BrFN3OS. The van der Waals surface area contributed by atoms with Crippen molar-refractivity contribution < 1.29 is 8.81 Å². The van der Waals surface area contributed by atoms with Crippen LogP contribution in [0.5, 0.6) is 0 Å². The zero-order chi connectivity index (χ0) is 16.2. The highest BCUT2D eigenvalue weighted by Gasteiger charge is 2.16. The topological polar surface area (TPSA) is 43.9 Å². The smallest absolute Gasteiger partial charge is 0.200 e. The standard InChI is InChI=1S/C16H13BrFN3OS/c1-2-9-21-15(13-7-8-14(17)22-13)19-20-16(21)23-10-11-5-3-4-6-12(11)18/h2-8H,1,9-10H2. The highest BCUT2D eigenvalue weighted by Crippen LogP contribution is 2.29. The quantitative estimate of drug-likeness (QED) is 0.440. The second-order valence-electron chi connectivity index (χ2n) is 4.69. The van der Waals surface area contributed by atoms with Crippen LogP contribution in [-0.4, -0.2) is 14.8 Å². The summed E-state index contributed by atoms with van der Waals surface area (Å²) in [6.07, 6.45) is 1.76. The van der Waals surface area contributed by atoms with E-state index in [1.165, 1.54) is 17.8 Å². The molecule has 118 valence electrons. The first-order valence-electron chi connectivity index (χ1n) is 6.85. The molecule has 2 aromatic heterocycles. The van der Waals surface area contributed by atoms with Crippen LogP contribution in [0.2, 0.25) is 0 Å². The fraction of sp³-hybridized carbons (Fsp3) is 0.125. The van der Waals surface area contributed by atoms with E-state index < -0.39 is 0 Å². The van der Waals surface area contributed by atoms with Crippen molar-refractivity contribution in [1.82, 2.24) is 14.8 Å². The molecule has 0 N–H and O–H groups in total. The molecule has 0 fully saturated rings. The lowest BCUT2D eigenvalue weighted by Crippen LogP contribution is -2.00. The van der Waals surface area contributed by atoms with Gasteiger partial charge in [0, 0.05) is 12.3 Å². The number of rotatable bonds is 6. The molecule has 0 aliphatic carbocycles. The van der Waals surface area contributed by atoms with Gasteiger partial charge >= 0.3 is 0 Å². The molecule has 2 heterocycles. The predicted molar refractivity (Wildman–Crippen MR) is 91.6 cm³/mol. The van der Waals surface area contributed by atoms with Gasteiger partial charge in [-0.25, -0.2) is 4.39 Å². The van der Waals surface area contributed by atoms with E-state index in [0.717, 1.165) is 0 Å². The van der Waals surface area contributed by atoms with Crippen molar-refractivity contribution in [3.8, 4) is 11.6 Å². The van der Waals surface area contributed by atoms with Gasteiger partial charge in [-0.3, -0.25) is 4.57 Å². The van der Waals surface area contributed by atoms with Crippen LogP contribution < -0.4 is 0 Å². The maximum atomic E-state index is 13.7. The second kappa shape index (κ2) is 7.14. The van der Waals surface area contributed by atoms with Crippen molar-refractivity contribution in [2.45, 2.75) is 17.5 Å². The number of hydrogen-bond donors (Lipinski definition) is 0. The summed E-state index contributed by atoms with van der Waals surface area (Å²) in [5.41, 5.74) is 0.632. The lowest BCUT2D eigenvalue weighted by Gasteiger charge is -2.06. The van der Waals surface area contributed by atoms with Crippen LogP contribution in [0.4, 0.5) is 4.39 Å². The van der Waals surface area contributed by atoms with Crippen LogP contribution in [0.15, 0.2) is 63.3 Å². The van der Waals surface area contributed by atoms with Gasteiger partial charge in [0.15, 0.2) is 15.6 Å². The summed E-state index contributed by atoms with van der Waals surface area (Å²) >= 11 is 4.70. The Kier molecular flexibility index (Phi) is 4.97. The van der Waals surface area contributed by atoms with Gasteiger partial charge in [-0.05, 0) is 39.7 Å². The molecule has 4 nitrogen and oxygen atoms in total. The molecule has 0 atom stereocenters. The number of nitrogens with zero attached hydrogens (tertiary/aromatic N) is 3. The molecule has 0 unspecified atom stereocenters.